The van der Waals surface area contributed by atoms with Gasteiger partial charge in [0.25, 0.3) is 0 Å². The van der Waals surface area contributed by atoms with Crippen molar-refractivity contribution in [3.63, 3.8) is 0 Å². The van der Waals surface area contributed by atoms with Gasteiger partial charge in [0.15, 0.2) is 5.82 Å². The quantitative estimate of drug-likeness (QED) is 0.174. The molecule has 4 heterocycles. The third-order valence-electron chi connectivity index (χ3n) is 10.1. The van der Waals surface area contributed by atoms with Crippen LogP contribution in [-0.2, 0) is 0 Å². The van der Waals surface area contributed by atoms with Crippen LogP contribution in [-0.4, -0.2) is 15.0 Å². The van der Waals surface area contributed by atoms with E-state index in [0.717, 1.165) is 82.9 Å². The van der Waals surface area contributed by atoms with E-state index >= 15 is 0 Å². The van der Waals surface area contributed by atoms with Crippen LogP contribution in [0.15, 0.2) is 168 Å². The van der Waals surface area contributed by atoms with E-state index in [-0.39, 0.29) is 0 Å². The lowest BCUT2D eigenvalue weighted by molar-refractivity contribution is 0.669. The first-order valence-electron chi connectivity index (χ1n) is 17.4. The van der Waals surface area contributed by atoms with Crippen LogP contribution in [0, 0.1) is 0 Å². The zero-order valence-electron chi connectivity index (χ0n) is 27.7. The molecule has 52 heavy (non-hydrogen) atoms. The van der Waals surface area contributed by atoms with E-state index in [4.69, 9.17) is 19.4 Å². The molecule has 0 radical (unpaired) electrons. The minimum Gasteiger partial charge on any atom is -0.456 e. The van der Waals surface area contributed by atoms with Gasteiger partial charge < -0.3 is 4.42 Å². The number of fused-ring (bicyclic) bond motifs is 10. The van der Waals surface area contributed by atoms with Gasteiger partial charge in [0.1, 0.15) is 11.2 Å². The Balaban J connectivity index is 1.21. The lowest BCUT2D eigenvalue weighted by Gasteiger charge is -2.13. The maximum Gasteiger partial charge on any atom is 0.160 e. The van der Waals surface area contributed by atoms with Crippen molar-refractivity contribution >= 4 is 75.1 Å². The van der Waals surface area contributed by atoms with Crippen molar-refractivity contribution in [3.8, 4) is 45.2 Å². The van der Waals surface area contributed by atoms with Crippen LogP contribution in [0.2, 0.25) is 0 Å². The van der Waals surface area contributed by atoms with Crippen molar-refractivity contribution in [1.29, 1.82) is 0 Å². The molecule has 0 saturated carbocycles. The number of para-hydroxylation sites is 1. The summed E-state index contributed by atoms with van der Waals surface area (Å²) in [6.07, 6.45) is 0. The topological polar surface area (TPSA) is 51.8 Å². The molecule has 11 aromatic rings. The average Bonchev–Trinajstić information content (AvgIpc) is 3.79. The maximum absolute atomic E-state index is 6.41. The highest BCUT2D eigenvalue weighted by atomic mass is 32.1. The highest BCUT2D eigenvalue weighted by Gasteiger charge is 2.20. The summed E-state index contributed by atoms with van der Waals surface area (Å²) in [5.41, 5.74) is 9.48. The third kappa shape index (κ3) is 4.50. The Bertz CT molecular complexity index is 3180. The molecule has 0 spiro atoms. The van der Waals surface area contributed by atoms with Crippen LogP contribution in [0.25, 0.3) is 109 Å². The summed E-state index contributed by atoms with van der Waals surface area (Å²) in [5.74, 6) is 0.666. The lowest BCUT2D eigenvalue weighted by Crippen LogP contribution is -1.97. The largest absolute Gasteiger partial charge is 0.456 e. The molecule has 0 amide bonds. The van der Waals surface area contributed by atoms with Gasteiger partial charge >= 0.3 is 0 Å². The molecule has 11 rings (SSSR count). The molecule has 0 N–H and O–H groups in total. The molecule has 0 bridgehead atoms. The van der Waals surface area contributed by atoms with Gasteiger partial charge in [0.05, 0.1) is 22.6 Å². The van der Waals surface area contributed by atoms with Crippen LogP contribution in [0.5, 0.6) is 0 Å². The number of rotatable bonds is 4. The third-order valence-corrected chi connectivity index (χ3v) is 11.2. The molecule has 4 aromatic heterocycles. The summed E-state index contributed by atoms with van der Waals surface area (Å²) < 4.78 is 8.93. The molecule has 0 aliphatic carbocycles. The fourth-order valence-electron chi connectivity index (χ4n) is 7.72. The summed E-state index contributed by atoms with van der Waals surface area (Å²) in [7, 11) is 0. The van der Waals surface area contributed by atoms with Crippen LogP contribution in [0.1, 0.15) is 0 Å². The van der Waals surface area contributed by atoms with Crippen molar-refractivity contribution in [1.82, 2.24) is 15.0 Å². The number of benzene rings is 7. The highest BCUT2D eigenvalue weighted by molar-refractivity contribution is 7.25. The van der Waals surface area contributed by atoms with Crippen LogP contribution in [0.3, 0.4) is 0 Å². The van der Waals surface area contributed by atoms with Crippen molar-refractivity contribution in [2.45, 2.75) is 0 Å². The molecule has 0 atom stereocenters. The smallest absolute Gasteiger partial charge is 0.160 e. The minimum absolute atomic E-state index is 0.666. The van der Waals surface area contributed by atoms with E-state index in [0.29, 0.717) is 5.82 Å². The van der Waals surface area contributed by atoms with Crippen molar-refractivity contribution in [3.05, 3.63) is 164 Å². The van der Waals surface area contributed by atoms with Gasteiger partial charge in [-0.3, -0.25) is 0 Å². The van der Waals surface area contributed by atoms with Crippen molar-refractivity contribution in [2.24, 2.45) is 0 Å². The van der Waals surface area contributed by atoms with Crippen molar-refractivity contribution < 1.29 is 4.42 Å². The summed E-state index contributed by atoms with van der Waals surface area (Å²) in [6, 6.07) is 57.0. The number of nitrogens with zero attached hydrogens (tertiary/aromatic N) is 3. The van der Waals surface area contributed by atoms with Gasteiger partial charge in [-0.25, -0.2) is 15.0 Å². The first kappa shape index (κ1) is 29.1. The summed E-state index contributed by atoms with van der Waals surface area (Å²) in [5, 5.41) is 7.86. The second-order valence-electron chi connectivity index (χ2n) is 13.1. The maximum atomic E-state index is 6.41. The second kappa shape index (κ2) is 11.4. The molecule has 0 aliphatic heterocycles. The fourth-order valence-corrected chi connectivity index (χ4v) is 8.85. The number of pyridine rings is 1. The number of hydrogen-bond acceptors (Lipinski definition) is 5. The Morgan fingerprint density at radius 1 is 0.404 bits per heavy atom. The van der Waals surface area contributed by atoms with Crippen LogP contribution < -0.4 is 0 Å². The van der Waals surface area contributed by atoms with Crippen molar-refractivity contribution in [2.75, 3.05) is 0 Å². The summed E-state index contributed by atoms with van der Waals surface area (Å²) in [6.45, 7) is 0. The Morgan fingerprint density at radius 2 is 1.13 bits per heavy atom. The molecule has 0 fully saturated rings. The Kier molecular flexibility index (Phi) is 6.39. The predicted octanol–water partition coefficient (Wildman–Crippen LogP) is 13.1. The van der Waals surface area contributed by atoms with E-state index < -0.39 is 0 Å². The van der Waals surface area contributed by atoms with E-state index in [1.165, 1.54) is 20.2 Å². The van der Waals surface area contributed by atoms with Gasteiger partial charge in [0.2, 0.25) is 0 Å². The molecular formula is C47H27N3OS. The second-order valence-corrected chi connectivity index (χ2v) is 14.2. The van der Waals surface area contributed by atoms with Gasteiger partial charge in [-0.2, -0.15) is 0 Å². The van der Waals surface area contributed by atoms with Crippen LogP contribution in [0.4, 0.5) is 0 Å². The lowest BCUT2D eigenvalue weighted by atomic mass is 9.95. The fraction of sp³-hybridized carbons (Fsp3) is 0. The van der Waals surface area contributed by atoms with E-state index in [1.54, 1.807) is 0 Å². The monoisotopic (exact) mass is 681 g/mol. The van der Waals surface area contributed by atoms with E-state index in [9.17, 15) is 0 Å². The SMILES string of the molecule is c1ccc(-c2cc(-c3cccc4sc5ccccc5c34)nc(-c3ccc4nc(-c5ccccc5)c5ccc6oc7ccccc7c6c5c4c3)n2)cc1. The summed E-state index contributed by atoms with van der Waals surface area (Å²) >= 11 is 1.82. The number of hydrogen-bond donors (Lipinski definition) is 0. The molecule has 0 unspecified atom stereocenters. The van der Waals surface area contributed by atoms with E-state index in [1.807, 2.05) is 35.6 Å². The molecule has 7 aromatic carbocycles. The Hall–Kier alpha value is -6.69. The van der Waals surface area contributed by atoms with Gasteiger partial charge in [-0.1, -0.05) is 109 Å². The highest BCUT2D eigenvalue weighted by Crippen LogP contribution is 2.43. The van der Waals surface area contributed by atoms with Gasteiger partial charge in [-0.15, -0.1) is 11.3 Å². The molecule has 0 aliphatic rings. The molecule has 4 nitrogen and oxygen atoms in total. The first-order valence-corrected chi connectivity index (χ1v) is 18.2. The summed E-state index contributed by atoms with van der Waals surface area (Å²) in [4.78, 5) is 15.9. The number of thiophene rings is 1. The number of furan rings is 1. The average molecular weight is 682 g/mol. The van der Waals surface area contributed by atoms with Gasteiger partial charge in [0, 0.05) is 69.4 Å². The Morgan fingerprint density at radius 3 is 2.00 bits per heavy atom. The molecule has 5 heteroatoms. The molecule has 242 valence electrons. The zero-order chi connectivity index (χ0) is 34.2. The molecular weight excluding hydrogens is 655 g/mol. The molecule has 0 saturated heterocycles. The van der Waals surface area contributed by atoms with Gasteiger partial charge in [-0.05, 0) is 54.6 Å². The van der Waals surface area contributed by atoms with E-state index in [2.05, 4.69) is 140 Å². The standard InChI is InChI=1S/C47H27N3OS/c1-3-12-28(13-4-1)37-27-38(31-18-11-21-42-43(31)33-17-8-10-20-41(33)52-42)50-47(49-37)30-22-24-36-35(26-30)44-34(46(48-36)29-14-5-2-6-15-29)23-25-40-45(44)32-16-7-9-19-39(32)51-40/h1-27H. The van der Waals surface area contributed by atoms with Crippen LogP contribution >= 0.6 is 11.3 Å². The minimum atomic E-state index is 0.666. The Labute approximate surface area is 302 Å². The predicted molar refractivity (Wildman–Crippen MR) is 217 cm³/mol. The zero-order valence-corrected chi connectivity index (χ0v) is 28.6. The number of aromatic nitrogens is 3. The normalized spacial score (nSPS) is 11.8. The first-order chi connectivity index (χ1) is 25.8.